The molecule has 1 atom stereocenters. The van der Waals surface area contributed by atoms with Gasteiger partial charge in [0.1, 0.15) is 11.9 Å². The lowest BCUT2D eigenvalue weighted by molar-refractivity contribution is -0.131. The molecule has 90 valence electrons. The maximum atomic E-state index is 11.2. The van der Waals surface area contributed by atoms with Gasteiger partial charge in [-0.1, -0.05) is 24.3 Å². The second-order valence-electron chi connectivity index (χ2n) is 3.48. The van der Waals surface area contributed by atoms with Gasteiger partial charge in [0.05, 0.1) is 0 Å². The Bertz CT molecular complexity index is 282. The van der Waals surface area contributed by atoms with E-state index in [-0.39, 0.29) is 12.2 Å². The molecule has 4 heteroatoms. The normalized spacial score (nSPS) is 13.4. The molecule has 0 aliphatic carbocycles. The minimum atomic E-state index is -1.35. The molecule has 0 aromatic carbocycles. The van der Waals surface area contributed by atoms with E-state index in [1.807, 2.05) is 31.2 Å². The molecule has 16 heavy (non-hydrogen) atoms. The first-order valence-electron chi connectivity index (χ1n) is 5.33. The third-order valence-electron chi connectivity index (χ3n) is 2.01. The third kappa shape index (κ3) is 7.94. The lowest BCUT2D eigenvalue weighted by Crippen LogP contribution is -2.30. The molecule has 0 aliphatic heterocycles. The standard InChI is InChI=1S/C12H19NO3/c1-2-3-4-5-6-7-8-10(14)9-11(15)12(13)16/h2-3,5-6,11,15H,4,7-9H2,1H3,(H2,13,16)/b3-2+,6-5+/t11-/m1/s1. The Balaban J connectivity index is 3.66. The van der Waals surface area contributed by atoms with Crippen molar-refractivity contribution in [1.29, 1.82) is 0 Å². The lowest BCUT2D eigenvalue weighted by atomic mass is 10.1. The van der Waals surface area contributed by atoms with Crippen molar-refractivity contribution in [2.75, 3.05) is 0 Å². The highest BCUT2D eigenvalue weighted by molar-refractivity contribution is 5.87. The fraction of sp³-hybridized carbons (Fsp3) is 0.500. The molecule has 0 saturated carbocycles. The molecular formula is C12H19NO3. The highest BCUT2D eigenvalue weighted by Gasteiger charge is 2.14. The van der Waals surface area contributed by atoms with Crippen molar-refractivity contribution in [1.82, 2.24) is 0 Å². The van der Waals surface area contributed by atoms with Gasteiger partial charge in [0, 0.05) is 12.8 Å². The number of allylic oxidation sites excluding steroid dienone is 4. The summed E-state index contributed by atoms with van der Waals surface area (Å²) in [5.41, 5.74) is 4.83. The summed E-state index contributed by atoms with van der Waals surface area (Å²) in [5, 5.41) is 9.05. The van der Waals surface area contributed by atoms with Crippen molar-refractivity contribution < 1.29 is 14.7 Å². The number of rotatable bonds is 8. The maximum absolute atomic E-state index is 11.2. The fourth-order valence-corrected chi connectivity index (χ4v) is 1.09. The SMILES string of the molecule is C/C=C/C/C=C/CCC(=O)C[C@@H](O)C(N)=O. The van der Waals surface area contributed by atoms with Crippen LogP contribution in [0.15, 0.2) is 24.3 Å². The lowest BCUT2D eigenvalue weighted by Gasteiger charge is -2.03. The topological polar surface area (TPSA) is 80.4 Å². The minimum Gasteiger partial charge on any atom is -0.383 e. The molecule has 0 fully saturated rings. The van der Waals surface area contributed by atoms with Gasteiger partial charge in [0.25, 0.3) is 0 Å². The van der Waals surface area contributed by atoms with E-state index in [4.69, 9.17) is 10.8 Å². The van der Waals surface area contributed by atoms with Crippen LogP contribution in [0.1, 0.15) is 32.6 Å². The van der Waals surface area contributed by atoms with Crippen molar-refractivity contribution in [3.8, 4) is 0 Å². The van der Waals surface area contributed by atoms with Gasteiger partial charge >= 0.3 is 0 Å². The van der Waals surface area contributed by atoms with Gasteiger partial charge in [0.15, 0.2) is 0 Å². The van der Waals surface area contributed by atoms with Gasteiger partial charge in [-0.3, -0.25) is 9.59 Å². The van der Waals surface area contributed by atoms with E-state index >= 15 is 0 Å². The van der Waals surface area contributed by atoms with Crippen LogP contribution in [-0.2, 0) is 9.59 Å². The number of primary amides is 1. The van der Waals surface area contributed by atoms with Gasteiger partial charge < -0.3 is 10.8 Å². The van der Waals surface area contributed by atoms with E-state index in [0.717, 1.165) is 6.42 Å². The second-order valence-corrected chi connectivity index (χ2v) is 3.48. The summed E-state index contributed by atoms with van der Waals surface area (Å²) in [4.78, 5) is 21.7. The Morgan fingerprint density at radius 2 is 2.00 bits per heavy atom. The minimum absolute atomic E-state index is 0.151. The van der Waals surface area contributed by atoms with Crippen LogP contribution < -0.4 is 5.73 Å². The molecule has 0 aromatic heterocycles. The first-order chi connectivity index (χ1) is 7.57. The number of nitrogens with two attached hydrogens (primary N) is 1. The average Bonchev–Trinajstić information content (AvgIpc) is 2.23. The summed E-state index contributed by atoms with van der Waals surface area (Å²) in [5.74, 6) is -1.00. The highest BCUT2D eigenvalue weighted by atomic mass is 16.3. The fourth-order valence-electron chi connectivity index (χ4n) is 1.09. The zero-order valence-corrected chi connectivity index (χ0v) is 9.56. The van der Waals surface area contributed by atoms with Crippen LogP contribution in [0.2, 0.25) is 0 Å². The number of hydrogen-bond donors (Lipinski definition) is 2. The second kappa shape index (κ2) is 8.85. The summed E-state index contributed by atoms with van der Waals surface area (Å²) in [6.07, 6.45) is 8.13. The molecule has 3 N–H and O–H groups in total. The Kier molecular flexibility index (Phi) is 8.07. The van der Waals surface area contributed by atoms with E-state index in [9.17, 15) is 9.59 Å². The molecule has 0 heterocycles. The molecule has 0 saturated heterocycles. The van der Waals surface area contributed by atoms with Crippen LogP contribution in [0.25, 0.3) is 0 Å². The van der Waals surface area contributed by atoms with Gasteiger partial charge in [-0.2, -0.15) is 0 Å². The van der Waals surface area contributed by atoms with Crippen LogP contribution in [0.3, 0.4) is 0 Å². The molecule has 1 amide bonds. The van der Waals surface area contributed by atoms with Gasteiger partial charge in [-0.05, 0) is 19.8 Å². The maximum Gasteiger partial charge on any atom is 0.246 e. The summed E-state index contributed by atoms with van der Waals surface area (Å²) < 4.78 is 0. The number of aliphatic hydroxyl groups excluding tert-OH is 1. The Labute approximate surface area is 95.8 Å². The number of hydrogen-bond acceptors (Lipinski definition) is 3. The molecular weight excluding hydrogens is 206 g/mol. The van der Waals surface area contributed by atoms with E-state index in [1.165, 1.54) is 0 Å². The Morgan fingerprint density at radius 1 is 1.31 bits per heavy atom. The predicted molar refractivity (Wildman–Crippen MR) is 62.6 cm³/mol. The first-order valence-corrected chi connectivity index (χ1v) is 5.33. The van der Waals surface area contributed by atoms with Crippen LogP contribution in [0.4, 0.5) is 0 Å². The van der Waals surface area contributed by atoms with Crippen molar-refractivity contribution >= 4 is 11.7 Å². The van der Waals surface area contributed by atoms with Crippen LogP contribution in [0.5, 0.6) is 0 Å². The summed E-state index contributed by atoms with van der Waals surface area (Å²) in [6.45, 7) is 1.95. The quantitative estimate of drug-likeness (QED) is 0.607. The van der Waals surface area contributed by atoms with Crippen LogP contribution in [-0.4, -0.2) is 22.9 Å². The predicted octanol–water partition coefficient (Wildman–Crippen LogP) is 1.09. The summed E-state index contributed by atoms with van der Waals surface area (Å²) >= 11 is 0. The number of Topliss-reactive ketones (excluding diaryl/α,β-unsaturated/α-hetero) is 1. The van der Waals surface area contributed by atoms with E-state index in [2.05, 4.69) is 0 Å². The van der Waals surface area contributed by atoms with Crippen LogP contribution in [0, 0.1) is 0 Å². The van der Waals surface area contributed by atoms with E-state index < -0.39 is 12.0 Å². The summed E-state index contributed by atoms with van der Waals surface area (Å²) in [6, 6.07) is 0. The van der Waals surface area contributed by atoms with Gasteiger partial charge in [-0.25, -0.2) is 0 Å². The molecule has 0 radical (unpaired) electrons. The number of amides is 1. The molecule has 0 unspecified atom stereocenters. The monoisotopic (exact) mass is 225 g/mol. The first kappa shape index (κ1) is 14.6. The van der Waals surface area contributed by atoms with Gasteiger partial charge in [0.2, 0.25) is 5.91 Å². The number of ketones is 1. The molecule has 0 spiro atoms. The zero-order valence-electron chi connectivity index (χ0n) is 9.56. The third-order valence-corrected chi connectivity index (χ3v) is 2.01. The molecule has 4 nitrogen and oxygen atoms in total. The van der Waals surface area contributed by atoms with Crippen molar-refractivity contribution in [3.63, 3.8) is 0 Å². The Morgan fingerprint density at radius 3 is 2.56 bits per heavy atom. The average molecular weight is 225 g/mol. The van der Waals surface area contributed by atoms with Crippen molar-refractivity contribution in [2.24, 2.45) is 5.73 Å². The number of carbonyl (C=O) groups excluding carboxylic acids is 2. The van der Waals surface area contributed by atoms with Crippen molar-refractivity contribution in [2.45, 2.75) is 38.7 Å². The molecule has 0 rings (SSSR count). The molecule has 0 aromatic rings. The van der Waals surface area contributed by atoms with E-state index in [0.29, 0.717) is 12.8 Å². The smallest absolute Gasteiger partial charge is 0.246 e. The van der Waals surface area contributed by atoms with Gasteiger partial charge in [-0.15, -0.1) is 0 Å². The van der Waals surface area contributed by atoms with Crippen molar-refractivity contribution in [3.05, 3.63) is 24.3 Å². The van der Waals surface area contributed by atoms with Crippen LogP contribution >= 0.6 is 0 Å². The Hall–Kier alpha value is -1.42. The molecule has 0 bridgehead atoms. The molecule has 0 aliphatic rings. The highest BCUT2D eigenvalue weighted by Crippen LogP contribution is 2.01. The van der Waals surface area contributed by atoms with E-state index in [1.54, 1.807) is 0 Å². The number of carbonyl (C=O) groups is 2. The largest absolute Gasteiger partial charge is 0.383 e. The zero-order chi connectivity index (χ0) is 12.4. The number of aliphatic hydroxyl groups is 1. The summed E-state index contributed by atoms with van der Waals surface area (Å²) in [7, 11) is 0.